The SMILES string of the molecule is C1CCC2CC2C1.CCC. The molecule has 0 saturated heterocycles. The van der Waals surface area contributed by atoms with Crippen LogP contribution in [0.4, 0.5) is 0 Å². The van der Waals surface area contributed by atoms with E-state index in [0.29, 0.717) is 0 Å². The minimum atomic E-state index is 1.20. The van der Waals surface area contributed by atoms with Gasteiger partial charge in [-0.2, -0.15) is 0 Å². The first-order chi connectivity index (χ1) is 4.88. The molecule has 2 rings (SSSR count). The van der Waals surface area contributed by atoms with Gasteiger partial charge in [0.2, 0.25) is 0 Å². The van der Waals surface area contributed by atoms with E-state index >= 15 is 0 Å². The van der Waals surface area contributed by atoms with Crippen LogP contribution in [0.15, 0.2) is 0 Å². The minimum Gasteiger partial charge on any atom is -0.0656 e. The summed E-state index contributed by atoms with van der Waals surface area (Å²) in [4.78, 5) is 0. The van der Waals surface area contributed by atoms with E-state index in [0.717, 1.165) is 0 Å². The van der Waals surface area contributed by atoms with E-state index in [1.54, 1.807) is 19.3 Å². The molecule has 0 amide bonds. The van der Waals surface area contributed by atoms with E-state index in [1.807, 2.05) is 0 Å². The topological polar surface area (TPSA) is 0 Å². The maximum atomic E-state index is 2.12. The third-order valence-electron chi connectivity index (χ3n) is 2.47. The second kappa shape index (κ2) is 4.00. The highest BCUT2D eigenvalue weighted by Gasteiger charge is 2.37. The Bertz CT molecular complexity index is 76.0. The summed E-state index contributed by atoms with van der Waals surface area (Å²) in [6, 6.07) is 0. The van der Waals surface area contributed by atoms with Crippen molar-refractivity contribution in [2.45, 2.75) is 52.4 Å². The standard InChI is InChI=1S/C7H12.C3H8/c1-2-4-7-5-6(7)3-1;1-3-2/h6-7H,1-5H2;3H2,1-2H3. The van der Waals surface area contributed by atoms with Gasteiger partial charge in [0.15, 0.2) is 0 Å². The van der Waals surface area contributed by atoms with Crippen molar-refractivity contribution in [1.82, 2.24) is 0 Å². The van der Waals surface area contributed by atoms with Crippen LogP contribution in [0.3, 0.4) is 0 Å². The summed E-state index contributed by atoms with van der Waals surface area (Å²) < 4.78 is 0. The summed E-state index contributed by atoms with van der Waals surface area (Å²) in [5, 5.41) is 0. The summed E-state index contributed by atoms with van der Waals surface area (Å²) in [5.41, 5.74) is 0. The summed E-state index contributed by atoms with van der Waals surface area (Å²) in [6.07, 6.45) is 9.01. The van der Waals surface area contributed by atoms with Crippen molar-refractivity contribution in [3.05, 3.63) is 0 Å². The Labute approximate surface area is 65.0 Å². The molecule has 2 saturated carbocycles. The molecule has 2 atom stereocenters. The predicted molar refractivity (Wildman–Crippen MR) is 46.0 cm³/mol. The summed E-state index contributed by atoms with van der Waals surface area (Å²) in [7, 11) is 0. The molecule has 0 bridgehead atoms. The first-order valence-electron chi connectivity index (χ1n) is 4.88. The van der Waals surface area contributed by atoms with Gasteiger partial charge in [-0.05, 0) is 18.3 Å². The van der Waals surface area contributed by atoms with Gasteiger partial charge in [0.05, 0.1) is 0 Å². The smallest absolute Gasteiger partial charge is 0.0383 e. The van der Waals surface area contributed by atoms with Crippen molar-refractivity contribution < 1.29 is 0 Å². The maximum Gasteiger partial charge on any atom is -0.0383 e. The highest BCUT2D eigenvalue weighted by molar-refractivity contribution is 4.88. The fourth-order valence-electron chi connectivity index (χ4n) is 1.83. The van der Waals surface area contributed by atoms with E-state index in [4.69, 9.17) is 0 Å². The van der Waals surface area contributed by atoms with Crippen molar-refractivity contribution >= 4 is 0 Å². The van der Waals surface area contributed by atoms with Crippen molar-refractivity contribution in [3.63, 3.8) is 0 Å². The van der Waals surface area contributed by atoms with E-state index in [-0.39, 0.29) is 0 Å². The molecule has 0 aromatic heterocycles. The van der Waals surface area contributed by atoms with Crippen LogP contribution in [0.2, 0.25) is 0 Å². The van der Waals surface area contributed by atoms with Crippen molar-refractivity contribution in [3.8, 4) is 0 Å². The zero-order chi connectivity index (χ0) is 7.40. The molecule has 0 heterocycles. The monoisotopic (exact) mass is 140 g/mol. The maximum absolute atomic E-state index is 2.12. The first-order valence-corrected chi connectivity index (χ1v) is 4.88. The van der Waals surface area contributed by atoms with E-state index < -0.39 is 0 Å². The summed E-state index contributed by atoms with van der Waals surface area (Å²) >= 11 is 0. The van der Waals surface area contributed by atoms with E-state index in [2.05, 4.69) is 13.8 Å². The normalized spacial score (nSPS) is 35.4. The largest absolute Gasteiger partial charge is 0.0656 e. The van der Waals surface area contributed by atoms with Gasteiger partial charge < -0.3 is 0 Å². The highest BCUT2D eigenvalue weighted by atomic mass is 14.4. The molecule has 2 unspecified atom stereocenters. The fraction of sp³-hybridized carbons (Fsp3) is 1.00. The second-order valence-electron chi connectivity index (χ2n) is 3.75. The molecule has 2 aliphatic carbocycles. The average Bonchev–Trinajstić information content (AvgIpc) is 2.66. The third kappa shape index (κ3) is 2.32. The molecule has 10 heavy (non-hydrogen) atoms. The van der Waals surface area contributed by atoms with Crippen LogP contribution in [-0.4, -0.2) is 0 Å². The lowest BCUT2D eigenvalue weighted by Crippen LogP contribution is -1.91. The molecule has 0 N–H and O–H groups in total. The first kappa shape index (κ1) is 8.10. The Hall–Kier alpha value is 0. The predicted octanol–water partition coefficient (Wildman–Crippen LogP) is 3.61. The van der Waals surface area contributed by atoms with Crippen LogP contribution < -0.4 is 0 Å². The van der Waals surface area contributed by atoms with Crippen LogP contribution in [-0.2, 0) is 0 Å². The molecule has 0 aliphatic heterocycles. The van der Waals surface area contributed by atoms with Gasteiger partial charge in [0.25, 0.3) is 0 Å². The minimum absolute atomic E-state index is 1.20. The molecular weight excluding hydrogens is 120 g/mol. The number of rotatable bonds is 0. The lowest BCUT2D eigenvalue weighted by molar-refractivity contribution is 0.480. The lowest BCUT2D eigenvalue weighted by Gasteiger charge is -2.05. The van der Waals surface area contributed by atoms with Crippen LogP contribution >= 0.6 is 0 Å². The Balaban J connectivity index is 0.000000148. The van der Waals surface area contributed by atoms with Gasteiger partial charge in [0.1, 0.15) is 0 Å². The van der Waals surface area contributed by atoms with Gasteiger partial charge in [-0.25, -0.2) is 0 Å². The second-order valence-corrected chi connectivity index (χ2v) is 3.75. The number of hydrogen-bond donors (Lipinski definition) is 0. The van der Waals surface area contributed by atoms with Crippen LogP contribution in [0.25, 0.3) is 0 Å². The van der Waals surface area contributed by atoms with Crippen LogP contribution in [0.1, 0.15) is 52.4 Å². The van der Waals surface area contributed by atoms with Crippen molar-refractivity contribution in [2.24, 2.45) is 11.8 Å². The van der Waals surface area contributed by atoms with E-state index in [1.165, 1.54) is 31.1 Å². The molecule has 0 heteroatoms. The van der Waals surface area contributed by atoms with Crippen LogP contribution in [0.5, 0.6) is 0 Å². The quantitative estimate of drug-likeness (QED) is 0.482. The molecule has 60 valence electrons. The molecule has 0 nitrogen and oxygen atoms in total. The van der Waals surface area contributed by atoms with Gasteiger partial charge in [-0.1, -0.05) is 46.0 Å². The van der Waals surface area contributed by atoms with Crippen LogP contribution in [0, 0.1) is 11.8 Å². The number of hydrogen-bond acceptors (Lipinski definition) is 0. The van der Waals surface area contributed by atoms with Gasteiger partial charge >= 0.3 is 0 Å². The average molecular weight is 140 g/mol. The van der Waals surface area contributed by atoms with Gasteiger partial charge in [-0.15, -0.1) is 0 Å². The molecule has 2 fully saturated rings. The Kier molecular flexibility index (Phi) is 3.24. The van der Waals surface area contributed by atoms with Crippen molar-refractivity contribution in [2.75, 3.05) is 0 Å². The zero-order valence-corrected chi connectivity index (χ0v) is 7.40. The molecule has 0 aromatic carbocycles. The summed E-state index contributed by atoms with van der Waals surface area (Å²) in [6.45, 7) is 4.25. The fourth-order valence-corrected chi connectivity index (χ4v) is 1.83. The molecule has 0 spiro atoms. The van der Waals surface area contributed by atoms with Gasteiger partial charge in [0, 0.05) is 0 Å². The van der Waals surface area contributed by atoms with Crippen molar-refractivity contribution in [1.29, 1.82) is 0 Å². The Morgan fingerprint density at radius 2 is 1.40 bits per heavy atom. The molecule has 2 aliphatic rings. The van der Waals surface area contributed by atoms with E-state index in [9.17, 15) is 0 Å². The number of fused-ring (bicyclic) bond motifs is 1. The lowest BCUT2D eigenvalue weighted by atomic mass is 10.0. The third-order valence-corrected chi connectivity index (χ3v) is 2.47. The zero-order valence-electron chi connectivity index (χ0n) is 7.40. The summed E-state index contributed by atoms with van der Waals surface area (Å²) in [5.74, 6) is 2.41. The van der Waals surface area contributed by atoms with Gasteiger partial charge in [-0.3, -0.25) is 0 Å². The Morgan fingerprint density at radius 3 is 1.70 bits per heavy atom. The molecule has 0 aromatic rings. The highest BCUT2D eigenvalue weighted by Crippen LogP contribution is 2.49. The molecule has 0 radical (unpaired) electrons. The molecular formula is C10H20. The Morgan fingerprint density at radius 1 is 1.00 bits per heavy atom.